The van der Waals surface area contributed by atoms with Gasteiger partial charge in [-0.05, 0) is 30.5 Å². The Morgan fingerprint density at radius 1 is 1.18 bits per heavy atom. The molecule has 2 rings (SSSR count). The molecule has 0 radical (unpaired) electrons. The van der Waals surface area contributed by atoms with Crippen molar-refractivity contribution in [1.82, 2.24) is 5.32 Å². The molecule has 2 aromatic carbocycles. The minimum absolute atomic E-state index is 0.0223. The van der Waals surface area contributed by atoms with Crippen LogP contribution in [0.2, 0.25) is 5.02 Å². The van der Waals surface area contributed by atoms with Gasteiger partial charge in [0, 0.05) is 17.6 Å². The van der Waals surface area contributed by atoms with Crippen LogP contribution in [0, 0.1) is 10.1 Å². The van der Waals surface area contributed by atoms with E-state index in [9.17, 15) is 14.9 Å². The highest BCUT2D eigenvalue weighted by molar-refractivity contribution is 6.31. The summed E-state index contributed by atoms with van der Waals surface area (Å²) in [5.41, 5.74) is 0.927. The Hall–Kier alpha value is -2.40. The van der Waals surface area contributed by atoms with E-state index in [1.54, 1.807) is 0 Å². The number of rotatable bonds is 6. The lowest BCUT2D eigenvalue weighted by Gasteiger charge is -2.06. The van der Waals surface area contributed by atoms with Gasteiger partial charge in [-0.3, -0.25) is 14.9 Å². The Labute approximate surface area is 133 Å². The van der Waals surface area contributed by atoms with Crippen molar-refractivity contribution in [2.75, 3.05) is 6.54 Å². The summed E-state index contributed by atoms with van der Waals surface area (Å²) in [6.45, 7) is 0.452. The van der Waals surface area contributed by atoms with Crippen molar-refractivity contribution in [2.24, 2.45) is 0 Å². The van der Waals surface area contributed by atoms with Crippen LogP contribution in [0.1, 0.15) is 22.3 Å². The summed E-state index contributed by atoms with van der Waals surface area (Å²) in [5, 5.41) is 13.9. The van der Waals surface area contributed by atoms with E-state index in [4.69, 9.17) is 11.6 Å². The zero-order chi connectivity index (χ0) is 15.9. The second-order valence-electron chi connectivity index (χ2n) is 4.76. The Morgan fingerprint density at radius 3 is 2.59 bits per heavy atom. The van der Waals surface area contributed by atoms with E-state index < -0.39 is 10.8 Å². The highest BCUT2D eigenvalue weighted by Gasteiger charge is 2.20. The molecule has 22 heavy (non-hydrogen) atoms. The van der Waals surface area contributed by atoms with Gasteiger partial charge in [-0.2, -0.15) is 0 Å². The number of halogens is 1. The molecule has 0 aliphatic heterocycles. The molecular weight excluding hydrogens is 304 g/mol. The molecule has 5 nitrogen and oxygen atoms in total. The molecule has 2 aromatic rings. The number of nitro benzene ring substituents is 1. The molecule has 0 fully saturated rings. The van der Waals surface area contributed by atoms with E-state index in [0.29, 0.717) is 6.54 Å². The average Bonchev–Trinajstić information content (AvgIpc) is 2.52. The van der Waals surface area contributed by atoms with Crippen LogP contribution < -0.4 is 5.32 Å². The van der Waals surface area contributed by atoms with Crippen molar-refractivity contribution in [3.63, 3.8) is 0 Å². The first kappa shape index (κ1) is 16.0. The van der Waals surface area contributed by atoms with Gasteiger partial charge in [-0.1, -0.05) is 41.9 Å². The monoisotopic (exact) mass is 318 g/mol. The van der Waals surface area contributed by atoms with Gasteiger partial charge >= 0.3 is 0 Å². The summed E-state index contributed by atoms with van der Waals surface area (Å²) < 4.78 is 0. The van der Waals surface area contributed by atoms with Gasteiger partial charge < -0.3 is 5.32 Å². The average molecular weight is 319 g/mol. The van der Waals surface area contributed by atoms with E-state index in [0.717, 1.165) is 12.8 Å². The quantitative estimate of drug-likeness (QED) is 0.502. The fraction of sp³-hybridized carbons (Fsp3) is 0.188. The van der Waals surface area contributed by atoms with Crippen molar-refractivity contribution < 1.29 is 9.72 Å². The molecule has 0 aromatic heterocycles. The SMILES string of the molecule is O=C(NCCCc1ccccc1)c1ccc(Cl)cc1[N+](=O)[O-]. The van der Waals surface area contributed by atoms with Gasteiger partial charge in [0.25, 0.3) is 11.6 Å². The molecule has 0 bridgehead atoms. The maximum absolute atomic E-state index is 12.0. The van der Waals surface area contributed by atoms with Crippen LogP contribution in [0.25, 0.3) is 0 Å². The third-order valence-corrected chi connectivity index (χ3v) is 3.41. The summed E-state index contributed by atoms with van der Waals surface area (Å²) in [7, 11) is 0. The largest absolute Gasteiger partial charge is 0.352 e. The molecule has 0 unspecified atom stereocenters. The minimum atomic E-state index is -0.606. The summed E-state index contributed by atoms with van der Waals surface area (Å²) in [4.78, 5) is 22.4. The molecule has 0 atom stereocenters. The minimum Gasteiger partial charge on any atom is -0.352 e. The maximum atomic E-state index is 12.0. The zero-order valence-electron chi connectivity index (χ0n) is 11.8. The van der Waals surface area contributed by atoms with Crippen LogP contribution in [0.15, 0.2) is 48.5 Å². The Morgan fingerprint density at radius 2 is 1.91 bits per heavy atom. The highest BCUT2D eigenvalue weighted by atomic mass is 35.5. The second-order valence-corrected chi connectivity index (χ2v) is 5.20. The van der Waals surface area contributed by atoms with Crippen LogP contribution >= 0.6 is 11.6 Å². The predicted molar refractivity (Wildman–Crippen MR) is 85.2 cm³/mol. The van der Waals surface area contributed by atoms with Crippen molar-refractivity contribution in [3.8, 4) is 0 Å². The number of benzene rings is 2. The lowest BCUT2D eigenvalue weighted by Crippen LogP contribution is -2.25. The van der Waals surface area contributed by atoms with Gasteiger partial charge in [-0.25, -0.2) is 0 Å². The van der Waals surface area contributed by atoms with Crippen LogP contribution in [0.4, 0.5) is 5.69 Å². The molecule has 1 amide bonds. The maximum Gasteiger partial charge on any atom is 0.283 e. The molecule has 6 heteroatoms. The van der Waals surface area contributed by atoms with Crippen molar-refractivity contribution >= 4 is 23.2 Å². The smallest absolute Gasteiger partial charge is 0.283 e. The lowest BCUT2D eigenvalue weighted by atomic mass is 10.1. The molecule has 0 aliphatic carbocycles. The molecule has 0 heterocycles. The molecule has 0 aliphatic rings. The van der Waals surface area contributed by atoms with E-state index >= 15 is 0 Å². The number of nitrogens with one attached hydrogen (secondary N) is 1. The van der Waals surface area contributed by atoms with Crippen molar-refractivity contribution in [2.45, 2.75) is 12.8 Å². The van der Waals surface area contributed by atoms with Crippen LogP contribution in [-0.2, 0) is 6.42 Å². The highest BCUT2D eigenvalue weighted by Crippen LogP contribution is 2.23. The number of carbonyl (C=O) groups is 1. The number of nitro groups is 1. The molecular formula is C16H15ClN2O3. The summed E-state index contributed by atoms with van der Waals surface area (Å²) in [6.07, 6.45) is 1.60. The summed E-state index contributed by atoms with van der Waals surface area (Å²) in [5.74, 6) is -0.462. The number of aryl methyl sites for hydroxylation is 1. The third-order valence-electron chi connectivity index (χ3n) is 3.17. The van der Waals surface area contributed by atoms with E-state index in [2.05, 4.69) is 5.32 Å². The first-order chi connectivity index (χ1) is 10.6. The van der Waals surface area contributed by atoms with Gasteiger partial charge in [0.1, 0.15) is 5.56 Å². The van der Waals surface area contributed by atoms with Crippen molar-refractivity contribution in [1.29, 1.82) is 0 Å². The first-order valence-electron chi connectivity index (χ1n) is 6.84. The molecule has 0 saturated carbocycles. The Balaban J connectivity index is 1.91. The topological polar surface area (TPSA) is 72.2 Å². The van der Waals surface area contributed by atoms with E-state index in [1.807, 2.05) is 30.3 Å². The van der Waals surface area contributed by atoms with E-state index in [1.165, 1.54) is 23.8 Å². The van der Waals surface area contributed by atoms with Gasteiger partial charge in [0.2, 0.25) is 0 Å². The van der Waals surface area contributed by atoms with Gasteiger partial charge in [-0.15, -0.1) is 0 Å². The number of nitrogens with zero attached hydrogens (tertiary/aromatic N) is 1. The van der Waals surface area contributed by atoms with Crippen LogP contribution in [-0.4, -0.2) is 17.4 Å². The number of amides is 1. The van der Waals surface area contributed by atoms with Crippen molar-refractivity contribution in [3.05, 3.63) is 74.8 Å². The fourth-order valence-electron chi connectivity index (χ4n) is 2.08. The predicted octanol–water partition coefficient (Wildman–Crippen LogP) is 3.61. The van der Waals surface area contributed by atoms with Gasteiger partial charge in [0.05, 0.1) is 4.92 Å². The standard InChI is InChI=1S/C16H15ClN2O3/c17-13-8-9-14(15(11-13)19(21)22)16(20)18-10-4-7-12-5-2-1-3-6-12/h1-3,5-6,8-9,11H,4,7,10H2,(H,18,20). The molecule has 0 spiro atoms. The lowest BCUT2D eigenvalue weighted by molar-refractivity contribution is -0.385. The van der Waals surface area contributed by atoms with Crippen LogP contribution in [0.5, 0.6) is 0 Å². The Kier molecular flexibility index (Phi) is 5.49. The summed E-state index contributed by atoms with van der Waals surface area (Å²) >= 11 is 5.72. The van der Waals surface area contributed by atoms with E-state index in [-0.39, 0.29) is 16.3 Å². The fourth-order valence-corrected chi connectivity index (χ4v) is 2.25. The molecule has 114 valence electrons. The summed E-state index contributed by atoms with van der Waals surface area (Å²) in [6, 6.07) is 13.9. The zero-order valence-corrected chi connectivity index (χ0v) is 12.5. The Bertz CT molecular complexity index is 674. The second kappa shape index (κ2) is 7.56. The number of carbonyl (C=O) groups excluding carboxylic acids is 1. The number of hydrogen-bond acceptors (Lipinski definition) is 3. The number of hydrogen-bond donors (Lipinski definition) is 1. The molecule has 1 N–H and O–H groups in total. The molecule has 0 saturated heterocycles. The third kappa shape index (κ3) is 4.30. The van der Waals surface area contributed by atoms with Gasteiger partial charge in [0.15, 0.2) is 0 Å². The normalized spacial score (nSPS) is 10.2. The first-order valence-corrected chi connectivity index (χ1v) is 7.22. The van der Waals surface area contributed by atoms with Crippen LogP contribution in [0.3, 0.4) is 0 Å².